The largest absolute Gasteiger partial charge is 0.444 e. The molecular weight excluding hydrogens is 438 g/mol. The summed E-state index contributed by atoms with van der Waals surface area (Å²) in [6, 6.07) is 0. The molecule has 0 unspecified atom stereocenters. The molecular formula is C29H51N3O3. The maximum Gasteiger partial charge on any atom is 0.410 e. The van der Waals surface area contributed by atoms with Gasteiger partial charge in [-0.3, -0.25) is 4.79 Å². The van der Waals surface area contributed by atoms with Gasteiger partial charge in [0.05, 0.1) is 0 Å². The Hall–Kier alpha value is -2.37. The third kappa shape index (κ3) is 13.3. The second-order valence-corrected chi connectivity index (χ2v) is 11.4. The number of Topliss-reactive ketones (excluding diaryl/α,β-unsaturated/α-hetero) is 1. The predicted octanol–water partition coefficient (Wildman–Crippen LogP) is 7.34. The van der Waals surface area contributed by atoms with E-state index in [1.54, 1.807) is 17.9 Å². The standard InChI is InChI=1S/C19H31NO3.C10H20N2/c1-7-8-9-10-17(15(3)21)16-11-12-20(13-14(16)2)18(22)23-19(4,5)6;1-5-6-8(11)7-9(12)10(2,3)4/h10H,7-9,11-13H2,1-6H3;7,12H,5-6,11H2,1-4H3/b17-10-;8-7-,12-9?. The average molecular weight is 490 g/mol. The number of nitrogens with two attached hydrogens (primary N) is 1. The Morgan fingerprint density at radius 3 is 2.14 bits per heavy atom. The molecule has 1 aliphatic heterocycles. The topological polar surface area (TPSA) is 96.5 Å². The van der Waals surface area contributed by atoms with Gasteiger partial charge in [-0.25, -0.2) is 4.79 Å². The minimum absolute atomic E-state index is 0.0850. The van der Waals surface area contributed by atoms with Gasteiger partial charge >= 0.3 is 6.09 Å². The number of ether oxygens (including phenoxy) is 1. The van der Waals surface area contributed by atoms with Gasteiger partial charge in [0, 0.05) is 35.5 Å². The lowest BCUT2D eigenvalue weighted by atomic mass is 9.89. The summed E-state index contributed by atoms with van der Waals surface area (Å²) in [6.45, 7) is 20.6. The van der Waals surface area contributed by atoms with E-state index in [-0.39, 0.29) is 17.3 Å². The number of unbranched alkanes of at least 4 members (excludes halogenated alkanes) is 2. The molecule has 1 aliphatic rings. The summed E-state index contributed by atoms with van der Waals surface area (Å²) in [5.74, 6) is 0.112. The molecule has 6 nitrogen and oxygen atoms in total. The Morgan fingerprint density at radius 1 is 1.11 bits per heavy atom. The first-order valence-corrected chi connectivity index (χ1v) is 13.0. The maximum absolute atomic E-state index is 12.2. The molecule has 0 bridgehead atoms. The van der Waals surface area contributed by atoms with E-state index in [0.717, 1.165) is 54.5 Å². The van der Waals surface area contributed by atoms with Crippen molar-refractivity contribution in [2.75, 3.05) is 13.1 Å². The molecule has 0 aromatic carbocycles. The van der Waals surface area contributed by atoms with Crippen LogP contribution in [-0.2, 0) is 9.53 Å². The van der Waals surface area contributed by atoms with E-state index in [0.29, 0.717) is 25.2 Å². The van der Waals surface area contributed by atoms with Gasteiger partial charge in [-0.1, -0.05) is 60.0 Å². The van der Waals surface area contributed by atoms with Crippen LogP contribution < -0.4 is 5.73 Å². The summed E-state index contributed by atoms with van der Waals surface area (Å²) in [5.41, 5.74) is 9.57. The Morgan fingerprint density at radius 2 is 1.71 bits per heavy atom. The highest BCUT2D eigenvalue weighted by Crippen LogP contribution is 2.27. The lowest BCUT2D eigenvalue weighted by Crippen LogP contribution is -2.40. The number of carbonyl (C=O) groups excluding carboxylic acids is 2. The van der Waals surface area contributed by atoms with Crippen LogP contribution in [0.15, 0.2) is 34.6 Å². The minimum atomic E-state index is -0.487. The summed E-state index contributed by atoms with van der Waals surface area (Å²) in [5, 5.41) is 7.69. The van der Waals surface area contributed by atoms with E-state index in [2.05, 4.69) is 19.9 Å². The first-order chi connectivity index (χ1) is 16.0. The van der Waals surface area contributed by atoms with Crippen molar-refractivity contribution in [2.45, 2.75) is 113 Å². The molecule has 0 saturated carbocycles. The van der Waals surface area contributed by atoms with Crippen molar-refractivity contribution >= 4 is 17.6 Å². The summed E-state index contributed by atoms with van der Waals surface area (Å²) in [4.78, 5) is 25.9. The minimum Gasteiger partial charge on any atom is -0.444 e. The molecule has 0 aromatic heterocycles. The molecule has 35 heavy (non-hydrogen) atoms. The van der Waals surface area contributed by atoms with Crippen LogP contribution in [0.1, 0.15) is 108 Å². The SMILES string of the molecule is CCC/C(N)=C/C(=N)C(C)(C)C.CCCC/C=C(/C(C)=O)C1=C(C)CN(C(=O)OC(C)(C)C)CC1. The summed E-state index contributed by atoms with van der Waals surface area (Å²) in [6.07, 6.45) is 9.34. The zero-order valence-electron chi connectivity index (χ0n) is 24.1. The van der Waals surface area contributed by atoms with Crippen molar-refractivity contribution in [3.8, 4) is 0 Å². The van der Waals surface area contributed by atoms with Crippen molar-refractivity contribution in [3.05, 3.63) is 34.6 Å². The lowest BCUT2D eigenvalue weighted by Gasteiger charge is -2.32. The van der Waals surface area contributed by atoms with E-state index < -0.39 is 5.60 Å². The quantitative estimate of drug-likeness (QED) is 0.212. The average Bonchev–Trinajstić information content (AvgIpc) is 2.70. The number of hydrogen-bond acceptors (Lipinski definition) is 5. The second-order valence-electron chi connectivity index (χ2n) is 11.4. The number of nitrogens with zero attached hydrogens (tertiary/aromatic N) is 1. The predicted molar refractivity (Wildman–Crippen MR) is 148 cm³/mol. The Kier molecular flexibility index (Phi) is 13.9. The Balaban J connectivity index is 0.000000814. The van der Waals surface area contributed by atoms with Gasteiger partial charge in [-0.05, 0) is 71.1 Å². The Bertz CT molecular complexity index is 821. The van der Waals surface area contributed by atoms with Crippen molar-refractivity contribution in [3.63, 3.8) is 0 Å². The van der Waals surface area contributed by atoms with Crippen LogP contribution in [-0.4, -0.2) is 41.2 Å². The molecule has 0 atom stereocenters. The first-order valence-electron chi connectivity index (χ1n) is 13.0. The Labute approximate surface area is 214 Å². The van der Waals surface area contributed by atoms with Gasteiger partial charge in [-0.15, -0.1) is 0 Å². The summed E-state index contributed by atoms with van der Waals surface area (Å²) < 4.78 is 5.43. The van der Waals surface area contributed by atoms with Crippen LogP contribution in [0.5, 0.6) is 0 Å². The molecule has 0 fully saturated rings. The van der Waals surface area contributed by atoms with Crippen molar-refractivity contribution in [1.29, 1.82) is 5.41 Å². The van der Waals surface area contributed by atoms with E-state index in [1.807, 2.05) is 48.5 Å². The van der Waals surface area contributed by atoms with Gasteiger partial charge in [0.25, 0.3) is 0 Å². The zero-order valence-corrected chi connectivity index (χ0v) is 24.1. The smallest absolute Gasteiger partial charge is 0.410 e. The number of allylic oxidation sites excluding steroid dienone is 4. The number of rotatable bonds is 8. The highest BCUT2D eigenvalue weighted by Gasteiger charge is 2.27. The zero-order chi connectivity index (χ0) is 27.4. The van der Waals surface area contributed by atoms with Crippen molar-refractivity contribution < 1.29 is 14.3 Å². The van der Waals surface area contributed by atoms with E-state index in [9.17, 15) is 9.59 Å². The second kappa shape index (κ2) is 14.9. The molecule has 3 N–H and O–H groups in total. The molecule has 0 aromatic rings. The summed E-state index contributed by atoms with van der Waals surface area (Å²) >= 11 is 0. The molecule has 200 valence electrons. The normalized spacial score (nSPS) is 15.4. The fourth-order valence-electron chi connectivity index (χ4n) is 3.46. The van der Waals surface area contributed by atoms with Gasteiger partial charge in [0.1, 0.15) is 5.60 Å². The van der Waals surface area contributed by atoms with Crippen molar-refractivity contribution in [1.82, 2.24) is 4.90 Å². The van der Waals surface area contributed by atoms with Crippen LogP contribution >= 0.6 is 0 Å². The lowest BCUT2D eigenvalue weighted by molar-refractivity contribution is -0.113. The monoisotopic (exact) mass is 489 g/mol. The highest BCUT2D eigenvalue weighted by molar-refractivity contribution is 5.98. The molecule has 0 spiro atoms. The van der Waals surface area contributed by atoms with E-state index >= 15 is 0 Å². The highest BCUT2D eigenvalue weighted by atomic mass is 16.6. The van der Waals surface area contributed by atoms with Gasteiger partial charge < -0.3 is 20.8 Å². The number of hydrogen-bond donors (Lipinski definition) is 2. The number of ketones is 1. The third-order valence-corrected chi connectivity index (χ3v) is 5.51. The van der Waals surface area contributed by atoms with Crippen LogP contribution in [0.2, 0.25) is 0 Å². The molecule has 1 heterocycles. The van der Waals surface area contributed by atoms with E-state index in [1.165, 1.54) is 0 Å². The molecule has 0 aliphatic carbocycles. The number of nitrogens with one attached hydrogen (secondary N) is 1. The van der Waals surface area contributed by atoms with Gasteiger partial charge in [0.15, 0.2) is 5.78 Å². The van der Waals surface area contributed by atoms with Crippen LogP contribution in [0.25, 0.3) is 0 Å². The first kappa shape index (κ1) is 32.6. The number of carbonyl (C=O) groups is 2. The molecule has 1 amide bonds. The molecule has 0 radical (unpaired) electrons. The van der Waals surface area contributed by atoms with Crippen LogP contribution in [0.3, 0.4) is 0 Å². The number of amides is 1. The van der Waals surface area contributed by atoms with E-state index in [4.69, 9.17) is 15.9 Å². The van der Waals surface area contributed by atoms with Crippen LogP contribution in [0, 0.1) is 10.8 Å². The molecule has 1 rings (SSSR count). The molecule has 6 heteroatoms. The maximum atomic E-state index is 12.2. The fraction of sp³-hybridized carbons (Fsp3) is 0.690. The third-order valence-electron chi connectivity index (χ3n) is 5.51. The van der Waals surface area contributed by atoms with Gasteiger partial charge in [0.2, 0.25) is 0 Å². The van der Waals surface area contributed by atoms with Gasteiger partial charge in [-0.2, -0.15) is 0 Å². The fourth-order valence-corrected chi connectivity index (χ4v) is 3.46. The summed E-state index contributed by atoms with van der Waals surface area (Å²) in [7, 11) is 0. The van der Waals surface area contributed by atoms with Crippen LogP contribution in [0.4, 0.5) is 4.79 Å². The van der Waals surface area contributed by atoms with Crippen molar-refractivity contribution in [2.24, 2.45) is 11.1 Å². The molecule has 0 saturated heterocycles.